The van der Waals surface area contributed by atoms with E-state index in [0.29, 0.717) is 0 Å². The molecule has 9 heavy (non-hydrogen) atoms. The van der Waals surface area contributed by atoms with Gasteiger partial charge >= 0.3 is 64.9 Å². The summed E-state index contributed by atoms with van der Waals surface area (Å²) in [6, 6.07) is 0. The predicted octanol–water partition coefficient (Wildman–Crippen LogP) is 1.60. The predicted molar refractivity (Wildman–Crippen MR) is 40.2 cm³/mol. The fraction of sp³-hybridized carbons (Fsp3) is 0.800. The molecule has 0 aromatic rings. The first-order valence-electron chi connectivity index (χ1n) is 2.73. The zero-order valence-corrected chi connectivity index (χ0v) is 9.51. The van der Waals surface area contributed by atoms with Gasteiger partial charge < -0.3 is 0 Å². The number of carbonyl (C=O) groups is 1. The van der Waals surface area contributed by atoms with E-state index < -0.39 is 18.8 Å². The van der Waals surface area contributed by atoms with Gasteiger partial charge in [-0.15, -0.1) is 0 Å². The maximum atomic E-state index is 10.5. The number of hydrogen-bond donors (Lipinski definition) is 0. The molecule has 0 aromatic carbocycles. The van der Waals surface area contributed by atoms with Crippen LogP contribution >= 0.6 is 11.6 Å². The number of halogens is 1. The molecule has 0 fully saturated rings. The third-order valence-electron chi connectivity index (χ3n) is 0.529. The molecule has 0 spiro atoms. The molecule has 54 valence electrons. The molecule has 0 atom stereocenters. The van der Waals surface area contributed by atoms with Crippen molar-refractivity contribution in [3.8, 4) is 0 Å². The van der Waals surface area contributed by atoms with Gasteiger partial charge in [-0.05, 0) is 0 Å². The van der Waals surface area contributed by atoms with Crippen LogP contribution < -0.4 is 0 Å². The quantitative estimate of drug-likeness (QED) is 0.555. The van der Waals surface area contributed by atoms with Crippen molar-refractivity contribution in [2.24, 2.45) is 0 Å². The van der Waals surface area contributed by atoms with Crippen molar-refractivity contribution in [3.63, 3.8) is 0 Å². The van der Waals surface area contributed by atoms with Crippen molar-refractivity contribution < 1.29 is 7.87 Å². The second-order valence-electron chi connectivity index (χ2n) is 2.72. The van der Waals surface area contributed by atoms with E-state index in [4.69, 9.17) is 14.7 Å². The van der Waals surface area contributed by atoms with Crippen molar-refractivity contribution in [2.75, 3.05) is 5.88 Å². The molecule has 0 bridgehead atoms. The minimum atomic E-state index is -2.32. The van der Waals surface area contributed by atoms with Crippen LogP contribution in [0.2, 0.25) is 14.8 Å². The van der Waals surface area contributed by atoms with Gasteiger partial charge in [-0.25, -0.2) is 0 Å². The van der Waals surface area contributed by atoms with Crippen LogP contribution in [0.15, 0.2) is 0 Å². The van der Waals surface area contributed by atoms with Gasteiger partial charge in [0.25, 0.3) is 0 Å². The summed E-state index contributed by atoms with van der Waals surface area (Å²) in [7, 11) is 0. The Hall–Kier alpha value is 0.559. The molecule has 4 heteroatoms. The molecule has 0 aliphatic rings. The Morgan fingerprint density at radius 2 is 2.00 bits per heavy atom. The van der Waals surface area contributed by atoms with Crippen molar-refractivity contribution >= 4 is 36.4 Å². The molecule has 0 unspecified atom stereocenters. The SMILES string of the molecule is [CH3][Sn]([CH3])([CH3])[O]C(=O)CCl. The van der Waals surface area contributed by atoms with E-state index in [1.165, 1.54) is 0 Å². The van der Waals surface area contributed by atoms with Gasteiger partial charge in [0.05, 0.1) is 0 Å². The summed E-state index contributed by atoms with van der Waals surface area (Å²) >= 11 is 2.89. The van der Waals surface area contributed by atoms with Crippen LogP contribution in [0.3, 0.4) is 0 Å². The molecule has 0 amide bonds. The summed E-state index contributed by atoms with van der Waals surface area (Å²) in [6.07, 6.45) is 0. The van der Waals surface area contributed by atoms with Gasteiger partial charge in [0.15, 0.2) is 0 Å². The average Bonchev–Trinajstić information content (AvgIpc) is 1.62. The van der Waals surface area contributed by atoms with Gasteiger partial charge in [-0.3, -0.25) is 0 Å². The van der Waals surface area contributed by atoms with Crippen molar-refractivity contribution in [1.82, 2.24) is 0 Å². The van der Waals surface area contributed by atoms with Crippen molar-refractivity contribution in [1.29, 1.82) is 0 Å². The van der Waals surface area contributed by atoms with Gasteiger partial charge in [0.2, 0.25) is 0 Å². The Bertz CT molecular complexity index is 108. The normalized spacial score (nSPS) is 11.1. The molecule has 0 rings (SSSR count). The second kappa shape index (κ2) is 3.66. The summed E-state index contributed by atoms with van der Waals surface area (Å²) in [5.41, 5.74) is 0. The minimum absolute atomic E-state index is 0.0197. The summed E-state index contributed by atoms with van der Waals surface area (Å²) < 4.78 is 5.03. The van der Waals surface area contributed by atoms with E-state index in [-0.39, 0.29) is 11.8 Å². The van der Waals surface area contributed by atoms with E-state index in [2.05, 4.69) is 0 Å². The molecule has 0 saturated heterocycles. The molecule has 0 heterocycles. The average molecular weight is 257 g/mol. The Morgan fingerprint density at radius 1 is 1.56 bits per heavy atom. The van der Waals surface area contributed by atoms with Gasteiger partial charge in [-0.2, -0.15) is 0 Å². The first-order chi connectivity index (χ1) is 3.95. The summed E-state index contributed by atoms with van der Waals surface area (Å²) in [5.74, 6) is -0.297. The molecule has 0 saturated carbocycles. The van der Waals surface area contributed by atoms with Crippen LogP contribution in [0, 0.1) is 0 Å². The number of hydrogen-bond acceptors (Lipinski definition) is 2. The fourth-order valence-corrected chi connectivity index (χ4v) is 2.84. The third kappa shape index (κ3) is 6.44. The van der Waals surface area contributed by atoms with Crippen LogP contribution in [0.5, 0.6) is 0 Å². The third-order valence-corrected chi connectivity index (χ3v) is 3.14. The summed E-state index contributed by atoms with van der Waals surface area (Å²) in [4.78, 5) is 16.6. The second-order valence-corrected chi connectivity index (χ2v) is 15.6. The van der Waals surface area contributed by atoms with Gasteiger partial charge in [0.1, 0.15) is 0 Å². The Morgan fingerprint density at radius 3 is 2.11 bits per heavy atom. The van der Waals surface area contributed by atoms with E-state index in [1.54, 1.807) is 0 Å². The maximum absolute atomic E-state index is 10.5. The van der Waals surface area contributed by atoms with E-state index in [0.717, 1.165) is 0 Å². The Labute approximate surface area is 64.9 Å². The monoisotopic (exact) mass is 258 g/mol. The summed E-state index contributed by atoms with van der Waals surface area (Å²) in [6.45, 7) is 0. The molecule has 0 radical (unpaired) electrons. The van der Waals surface area contributed by atoms with E-state index in [9.17, 15) is 4.79 Å². The Balaban J connectivity index is 3.60. The van der Waals surface area contributed by atoms with Crippen LogP contribution in [0.1, 0.15) is 0 Å². The molecule has 0 aromatic heterocycles. The van der Waals surface area contributed by atoms with Gasteiger partial charge in [-0.1, -0.05) is 0 Å². The molecule has 0 N–H and O–H groups in total. The molecule has 2 nitrogen and oxygen atoms in total. The van der Waals surface area contributed by atoms with E-state index in [1.807, 2.05) is 14.8 Å². The molecule has 0 aliphatic heterocycles. The molecule has 0 aliphatic carbocycles. The van der Waals surface area contributed by atoms with Crippen molar-refractivity contribution in [3.05, 3.63) is 0 Å². The summed E-state index contributed by atoms with van der Waals surface area (Å²) in [5, 5.41) is 0. The number of alkyl halides is 1. The van der Waals surface area contributed by atoms with Crippen LogP contribution in [0.25, 0.3) is 0 Å². The number of rotatable bonds is 2. The standard InChI is InChI=1S/C2H3ClO2.3CH3.Sn/c3-1-2(4)5;;;;/h1H2,(H,4,5);3*1H3;/q;;;;+1/p-1. The molecular formula is C5H11ClO2Sn. The van der Waals surface area contributed by atoms with Crippen LogP contribution in [0.4, 0.5) is 0 Å². The zero-order valence-electron chi connectivity index (χ0n) is 5.90. The Kier molecular flexibility index (Phi) is 3.89. The first-order valence-corrected chi connectivity index (χ1v) is 13.0. The number of carbonyl (C=O) groups excluding carboxylic acids is 1. The fourth-order valence-electron chi connectivity index (χ4n) is 0.369. The topological polar surface area (TPSA) is 26.3 Å². The van der Waals surface area contributed by atoms with Gasteiger partial charge in [0, 0.05) is 0 Å². The van der Waals surface area contributed by atoms with Crippen molar-refractivity contribution in [2.45, 2.75) is 14.8 Å². The van der Waals surface area contributed by atoms with E-state index >= 15 is 0 Å². The zero-order chi connectivity index (χ0) is 7.49. The molecular weight excluding hydrogens is 246 g/mol. The van der Waals surface area contributed by atoms with Crippen LogP contribution in [-0.4, -0.2) is 30.6 Å². The van der Waals surface area contributed by atoms with Crippen LogP contribution in [-0.2, 0) is 7.87 Å². The first kappa shape index (κ1) is 9.56.